The lowest BCUT2D eigenvalue weighted by molar-refractivity contribution is 0.489. The summed E-state index contributed by atoms with van der Waals surface area (Å²) in [6, 6.07) is 0. The SMILES string of the molecule is CCCCC(CC)CBC(C)C. The van der Waals surface area contributed by atoms with Crippen molar-refractivity contribution < 1.29 is 0 Å². The highest BCUT2D eigenvalue weighted by Crippen LogP contribution is 2.18. The molecule has 0 amide bonds. The van der Waals surface area contributed by atoms with Gasteiger partial charge in [0.25, 0.3) is 0 Å². The Morgan fingerprint density at radius 3 is 2.25 bits per heavy atom. The first-order valence-electron chi connectivity index (χ1n) is 5.70. The predicted molar refractivity (Wildman–Crippen MR) is 60.4 cm³/mol. The molecule has 0 N–H and O–H groups in total. The first kappa shape index (κ1) is 12.1. The second-order valence-corrected chi connectivity index (χ2v) is 4.39. The molecular weight excluding hydrogens is 143 g/mol. The van der Waals surface area contributed by atoms with E-state index in [1.807, 2.05) is 0 Å². The van der Waals surface area contributed by atoms with E-state index in [4.69, 9.17) is 0 Å². The van der Waals surface area contributed by atoms with Crippen LogP contribution >= 0.6 is 0 Å². The summed E-state index contributed by atoms with van der Waals surface area (Å²) < 4.78 is 0. The Morgan fingerprint density at radius 2 is 1.83 bits per heavy atom. The van der Waals surface area contributed by atoms with Gasteiger partial charge in [-0.2, -0.15) is 0 Å². The zero-order valence-electron chi connectivity index (χ0n) is 9.40. The largest absolute Gasteiger partial charge is 0.123 e. The van der Waals surface area contributed by atoms with Crippen LogP contribution in [0.1, 0.15) is 53.4 Å². The fraction of sp³-hybridized carbons (Fsp3) is 1.00. The minimum Gasteiger partial charge on any atom is -0.0744 e. The fourth-order valence-electron chi connectivity index (χ4n) is 1.61. The van der Waals surface area contributed by atoms with E-state index in [0.29, 0.717) is 0 Å². The Kier molecular flexibility index (Phi) is 7.74. The van der Waals surface area contributed by atoms with Crippen molar-refractivity contribution in [1.82, 2.24) is 0 Å². The number of hydrogen-bond acceptors (Lipinski definition) is 0. The zero-order chi connectivity index (χ0) is 9.40. The van der Waals surface area contributed by atoms with Crippen LogP contribution < -0.4 is 0 Å². The molecule has 0 nitrogen and oxygen atoms in total. The molecule has 0 saturated heterocycles. The molecule has 0 heterocycles. The van der Waals surface area contributed by atoms with Crippen molar-refractivity contribution in [3.05, 3.63) is 0 Å². The van der Waals surface area contributed by atoms with E-state index < -0.39 is 0 Å². The van der Waals surface area contributed by atoms with Gasteiger partial charge in [-0.1, -0.05) is 65.5 Å². The van der Waals surface area contributed by atoms with Crippen molar-refractivity contribution in [2.24, 2.45) is 5.92 Å². The van der Waals surface area contributed by atoms with Crippen LogP contribution in [0.4, 0.5) is 0 Å². The highest BCUT2D eigenvalue weighted by molar-refractivity contribution is 6.37. The second-order valence-electron chi connectivity index (χ2n) is 4.39. The van der Waals surface area contributed by atoms with Crippen LogP contribution in [0.5, 0.6) is 0 Å². The summed E-state index contributed by atoms with van der Waals surface area (Å²) in [5, 5.41) is 0. The summed E-state index contributed by atoms with van der Waals surface area (Å²) in [6.07, 6.45) is 7.08. The first-order valence-corrected chi connectivity index (χ1v) is 5.70. The van der Waals surface area contributed by atoms with Crippen molar-refractivity contribution in [2.75, 3.05) is 0 Å². The topological polar surface area (TPSA) is 0 Å². The van der Waals surface area contributed by atoms with Gasteiger partial charge in [-0.05, 0) is 5.92 Å². The van der Waals surface area contributed by atoms with Gasteiger partial charge in [0.2, 0.25) is 0 Å². The van der Waals surface area contributed by atoms with Crippen LogP contribution in [0.15, 0.2) is 0 Å². The summed E-state index contributed by atoms with van der Waals surface area (Å²) in [4.78, 5) is 0. The van der Waals surface area contributed by atoms with Crippen LogP contribution in [-0.4, -0.2) is 7.28 Å². The fourth-order valence-corrected chi connectivity index (χ4v) is 1.61. The van der Waals surface area contributed by atoms with E-state index in [0.717, 1.165) is 11.7 Å². The summed E-state index contributed by atoms with van der Waals surface area (Å²) >= 11 is 0. The zero-order valence-corrected chi connectivity index (χ0v) is 9.40. The Hall–Kier alpha value is 0.0649. The Bertz CT molecular complexity index is 89.0. The van der Waals surface area contributed by atoms with Gasteiger partial charge in [0.1, 0.15) is 7.28 Å². The summed E-state index contributed by atoms with van der Waals surface area (Å²) in [5.74, 6) is 1.90. The highest BCUT2D eigenvalue weighted by atomic mass is 14.1. The van der Waals surface area contributed by atoms with Crippen LogP contribution in [0.25, 0.3) is 0 Å². The van der Waals surface area contributed by atoms with Crippen LogP contribution in [0, 0.1) is 5.92 Å². The molecule has 0 aliphatic rings. The molecule has 0 aromatic heterocycles. The van der Waals surface area contributed by atoms with Crippen molar-refractivity contribution in [2.45, 2.75) is 65.5 Å². The number of rotatable bonds is 7. The van der Waals surface area contributed by atoms with E-state index in [-0.39, 0.29) is 0 Å². The van der Waals surface area contributed by atoms with Crippen LogP contribution in [0.3, 0.4) is 0 Å². The lowest BCUT2D eigenvalue weighted by atomic mass is 9.59. The van der Waals surface area contributed by atoms with Crippen molar-refractivity contribution in [3.8, 4) is 0 Å². The third-order valence-electron chi connectivity index (χ3n) is 2.70. The smallest absolute Gasteiger partial charge is 0.0744 e. The molecule has 0 fully saturated rings. The summed E-state index contributed by atoms with van der Waals surface area (Å²) in [5.41, 5.74) is 0. The van der Waals surface area contributed by atoms with E-state index in [1.54, 1.807) is 0 Å². The normalized spacial score (nSPS) is 13.4. The minimum atomic E-state index is 0.890. The molecular formula is C11H25B. The molecule has 0 radical (unpaired) electrons. The first-order chi connectivity index (χ1) is 5.70. The third-order valence-corrected chi connectivity index (χ3v) is 2.70. The van der Waals surface area contributed by atoms with E-state index in [2.05, 4.69) is 27.7 Å². The van der Waals surface area contributed by atoms with Gasteiger partial charge in [-0.3, -0.25) is 0 Å². The monoisotopic (exact) mass is 168 g/mol. The molecule has 0 aliphatic carbocycles. The van der Waals surface area contributed by atoms with E-state index >= 15 is 0 Å². The van der Waals surface area contributed by atoms with Crippen molar-refractivity contribution >= 4 is 7.28 Å². The molecule has 0 saturated carbocycles. The van der Waals surface area contributed by atoms with Crippen LogP contribution in [-0.2, 0) is 0 Å². The quantitative estimate of drug-likeness (QED) is 0.506. The number of unbranched alkanes of at least 4 members (excludes halogenated alkanes) is 1. The highest BCUT2D eigenvalue weighted by Gasteiger charge is 2.07. The summed E-state index contributed by atoms with van der Waals surface area (Å²) in [7, 11) is 1.42. The van der Waals surface area contributed by atoms with E-state index in [9.17, 15) is 0 Å². The number of hydrogen-bond donors (Lipinski definition) is 0. The molecule has 1 unspecified atom stereocenters. The van der Waals surface area contributed by atoms with Gasteiger partial charge in [0.05, 0.1) is 0 Å². The van der Waals surface area contributed by atoms with E-state index in [1.165, 1.54) is 39.3 Å². The average Bonchev–Trinajstić information content (AvgIpc) is 2.05. The van der Waals surface area contributed by atoms with Gasteiger partial charge >= 0.3 is 0 Å². The van der Waals surface area contributed by atoms with Gasteiger partial charge in [0, 0.05) is 0 Å². The molecule has 0 aromatic rings. The Morgan fingerprint density at radius 1 is 1.17 bits per heavy atom. The molecule has 1 atom stereocenters. The molecule has 0 spiro atoms. The maximum absolute atomic E-state index is 2.33. The summed E-state index contributed by atoms with van der Waals surface area (Å²) in [6.45, 7) is 9.27. The average molecular weight is 168 g/mol. The molecule has 0 aromatic carbocycles. The minimum absolute atomic E-state index is 0.890. The molecule has 0 bridgehead atoms. The molecule has 0 aliphatic heterocycles. The maximum atomic E-state index is 2.33. The van der Waals surface area contributed by atoms with Gasteiger partial charge in [-0.25, -0.2) is 0 Å². The van der Waals surface area contributed by atoms with Gasteiger partial charge in [-0.15, -0.1) is 0 Å². The second kappa shape index (κ2) is 7.70. The molecule has 12 heavy (non-hydrogen) atoms. The third kappa shape index (κ3) is 6.76. The van der Waals surface area contributed by atoms with Crippen molar-refractivity contribution in [3.63, 3.8) is 0 Å². The van der Waals surface area contributed by atoms with Gasteiger partial charge in [0.15, 0.2) is 0 Å². The lowest BCUT2D eigenvalue weighted by Gasteiger charge is -2.14. The van der Waals surface area contributed by atoms with Gasteiger partial charge < -0.3 is 0 Å². The Balaban J connectivity index is 3.39. The van der Waals surface area contributed by atoms with Crippen molar-refractivity contribution in [1.29, 1.82) is 0 Å². The van der Waals surface area contributed by atoms with Crippen LogP contribution in [0.2, 0.25) is 12.1 Å². The maximum Gasteiger partial charge on any atom is 0.123 e. The predicted octanol–water partition coefficient (Wildman–Crippen LogP) is 3.89. The lowest BCUT2D eigenvalue weighted by Crippen LogP contribution is -2.05. The molecule has 72 valence electrons. The standard InChI is InChI=1S/C11H25B/c1-5-7-8-11(6-2)9-12-10(3)4/h10-12H,5-9H2,1-4H3. The molecule has 1 heteroatoms. The Labute approximate surface area is 79.4 Å². The molecule has 0 rings (SSSR count).